The number of thiophene rings is 1. The zero-order valence-corrected chi connectivity index (χ0v) is 11.7. The maximum atomic E-state index is 12.4. The van der Waals surface area contributed by atoms with Gasteiger partial charge in [-0.05, 0) is 31.2 Å². The van der Waals surface area contributed by atoms with E-state index >= 15 is 0 Å². The number of carboxylic acids is 1. The lowest BCUT2D eigenvalue weighted by molar-refractivity contribution is -0.137. The van der Waals surface area contributed by atoms with Gasteiger partial charge in [-0.1, -0.05) is 6.07 Å². The quantitative estimate of drug-likeness (QED) is 0.870. The number of hydrogen-bond donors (Lipinski definition) is 1. The first-order chi connectivity index (χ1) is 9.11. The molecule has 1 aromatic heterocycles. The highest BCUT2D eigenvalue weighted by atomic mass is 32.1. The first kappa shape index (κ1) is 13.9. The van der Waals surface area contributed by atoms with E-state index in [2.05, 4.69) is 0 Å². The van der Waals surface area contributed by atoms with Crippen molar-refractivity contribution in [3.8, 4) is 0 Å². The number of hydrogen-bond acceptors (Lipinski definition) is 3. The maximum Gasteiger partial charge on any atom is 0.323 e. The molecule has 0 saturated heterocycles. The average molecular weight is 282 g/mol. The van der Waals surface area contributed by atoms with Crippen LogP contribution < -0.4 is 0 Å². The molecule has 0 bridgehead atoms. The fraction of sp³-hybridized carbons (Fsp3) is 0.538. The summed E-state index contributed by atoms with van der Waals surface area (Å²) in [7, 11) is 0. The second-order valence-electron chi connectivity index (χ2n) is 4.63. The highest BCUT2D eigenvalue weighted by molar-refractivity contribution is 7.09. The van der Waals surface area contributed by atoms with Crippen LogP contribution in [0.2, 0.25) is 0 Å². The molecule has 0 unspecified atom stereocenters. The Hall–Kier alpha value is -1.56. The summed E-state index contributed by atoms with van der Waals surface area (Å²) in [5.41, 5.74) is 0. The Morgan fingerprint density at radius 3 is 2.68 bits per heavy atom. The third kappa shape index (κ3) is 3.70. The summed E-state index contributed by atoms with van der Waals surface area (Å²) in [4.78, 5) is 27.6. The number of amides is 2. The third-order valence-corrected chi connectivity index (χ3v) is 3.98. The summed E-state index contributed by atoms with van der Waals surface area (Å²) in [5, 5.41) is 10.9. The van der Waals surface area contributed by atoms with Crippen LogP contribution in [0.1, 0.15) is 24.6 Å². The van der Waals surface area contributed by atoms with Crippen LogP contribution in [0.4, 0.5) is 4.79 Å². The van der Waals surface area contributed by atoms with Crippen LogP contribution in [-0.4, -0.2) is 46.0 Å². The Morgan fingerprint density at radius 2 is 2.21 bits per heavy atom. The zero-order chi connectivity index (χ0) is 13.8. The van der Waals surface area contributed by atoms with Crippen molar-refractivity contribution in [1.82, 2.24) is 9.80 Å². The van der Waals surface area contributed by atoms with E-state index in [1.54, 1.807) is 16.2 Å². The van der Waals surface area contributed by atoms with Gasteiger partial charge in [0.1, 0.15) is 6.54 Å². The lowest BCUT2D eigenvalue weighted by Gasteiger charge is -2.28. The first-order valence-electron chi connectivity index (χ1n) is 6.41. The zero-order valence-electron chi connectivity index (χ0n) is 10.9. The molecule has 1 fully saturated rings. The van der Waals surface area contributed by atoms with Crippen molar-refractivity contribution in [2.24, 2.45) is 0 Å². The molecule has 19 heavy (non-hydrogen) atoms. The molecule has 1 N–H and O–H groups in total. The first-order valence-corrected chi connectivity index (χ1v) is 7.29. The molecule has 2 rings (SSSR count). The Morgan fingerprint density at radius 1 is 1.47 bits per heavy atom. The standard InChI is InChI=1S/C13H18N2O3S/c1-2-14(8-11-4-3-7-19-11)13(18)15(9-12(16)17)10-5-6-10/h3-4,7,10H,2,5-6,8-9H2,1H3,(H,16,17). The van der Waals surface area contributed by atoms with Crippen molar-refractivity contribution in [3.63, 3.8) is 0 Å². The maximum absolute atomic E-state index is 12.4. The Bertz CT molecular complexity index is 443. The van der Waals surface area contributed by atoms with Crippen molar-refractivity contribution in [2.75, 3.05) is 13.1 Å². The lowest BCUT2D eigenvalue weighted by atomic mass is 10.4. The highest BCUT2D eigenvalue weighted by Crippen LogP contribution is 2.28. The number of nitrogens with zero attached hydrogens (tertiary/aromatic N) is 2. The molecule has 1 aromatic rings. The van der Waals surface area contributed by atoms with E-state index in [1.165, 1.54) is 4.90 Å². The number of aliphatic carboxylic acids is 1. The van der Waals surface area contributed by atoms with Crippen LogP contribution in [-0.2, 0) is 11.3 Å². The second-order valence-corrected chi connectivity index (χ2v) is 5.66. The number of rotatable bonds is 6. The third-order valence-electron chi connectivity index (χ3n) is 3.12. The molecule has 1 aliphatic carbocycles. The van der Waals surface area contributed by atoms with Crippen LogP contribution in [0, 0.1) is 0 Å². The summed E-state index contributed by atoms with van der Waals surface area (Å²) >= 11 is 1.60. The normalized spacial score (nSPS) is 14.2. The van der Waals surface area contributed by atoms with E-state index in [1.807, 2.05) is 24.4 Å². The number of carboxylic acid groups (broad SMARTS) is 1. The molecule has 0 aromatic carbocycles. The highest BCUT2D eigenvalue weighted by Gasteiger charge is 2.35. The molecule has 0 spiro atoms. The topological polar surface area (TPSA) is 60.9 Å². The van der Waals surface area contributed by atoms with E-state index in [4.69, 9.17) is 5.11 Å². The van der Waals surface area contributed by atoms with Gasteiger partial charge in [0.2, 0.25) is 0 Å². The predicted octanol–water partition coefficient (Wildman–Crippen LogP) is 2.24. The van der Waals surface area contributed by atoms with Crippen LogP contribution >= 0.6 is 11.3 Å². The van der Waals surface area contributed by atoms with E-state index in [0.29, 0.717) is 13.1 Å². The molecule has 0 atom stereocenters. The van der Waals surface area contributed by atoms with Gasteiger partial charge in [0, 0.05) is 17.5 Å². The number of carbonyl (C=O) groups excluding carboxylic acids is 1. The van der Waals surface area contributed by atoms with Gasteiger partial charge in [-0.15, -0.1) is 11.3 Å². The second kappa shape index (κ2) is 6.06. The number of carbonyl (C=O) groups is 2. The Balaban J connectivity index is 2.03. The molecule has 1 saturated carbocycles. The minimum atomic E-state index is -0.951. The Labute approximate surface area is 116 Å². The summed E-state index contributed by atoms with van der Waals surface area (Å²) in [6.45, 7) is 2.84. The van der Waals surface area contributed by atoms with Crippen molar-refractivity contribution in [1.29, 1.82) is 0 Å². The molecule has 0 aliphatic heterocycles. The smallest absolute Gasteiger partial charge is 0.323 e. The molecule has 2 amide bonds. The van der Waals surface area contributed by atoms with Gasteiger partial charge in [-0.25, -0.2) is 4.79 Å². The minimum absolute atomic E-state index is 0.112. The molecule has 0 radical (unpaired) electrons. The largest absolute Gasteiger partial charge is 0.480 e. The van der Waals surface area contributed by atoms with Crippen LogP contribution in [0.15, 0.2) is 17.5 Å². The van der Waals surface area contributed by atoms with Crippen molar-refractivity contribution in [2.45, 2.75) is 32.4 Å². The summed E-state index contributed by atoms with van der Waals surface area (Å²) in [6, 6.07) is 3.88. The molecule has 1 heterocycles. The van der Waals surface area contributed by atoms with Gasteiger partial charge in [0.25, 0.3) is 0 Å². The van der Waals surface area contributed by atoms with Gasteiger partial charge < -0.3 is 14.9 Å². The fourth-order valence-corrected chi connectivity index (χ4v) is 2.69. The number of urea groups is 1. The van der Waals surface area contributed by atoms with Crippen LogP contribution in [0.25, 0.3) is 0 Å². The van der Waals surface area contributed by atoms with Crippen LogP contribution in [0.5, 0.6) is 0 Å². The lowest BCUT2D eigenvalue weighted by Crippen LogP contribution is -2.46. The molecule has 5 nitrogen and oxygen atoms in total. The molecular weight excluding hydrogens is 264 g/mol. The van der Waals surface area contributed by atoms with Crippen molar-refractivity contribution < 1.29 is 14.7 Å². The van der Waals surface area contributed by atoms with Gasteiger partial charge >= 0.3 is 12.0 Å². The van der Waals surface area contributed by atoms with Crippen LogP contribution in [0.3, 0.4) is 0 Å². The van der Waals surface area contributed by atoms with E-state index < -0.39 is 5.97 Å². The van der Waals surface area contributed by atoms with Gasteiger partial charge in [0.05, 0.1) is 6.54 Å². The summed E-state index contributed by atoms with van der Waals surface area (Å²) in [5.74, 6) is -0.951. The van der Waals surface area contributed by atoms with Crippen molar-refractivity contribution >= 4 is 23.3 Å². The molecule has 6 heteroatoms. The van der Waals surface area contributed by atoms with Crippen molar-refractivity contribution in [3.05, 3.63) is 22.4 Å². The van der Waals surface area contributed by atoms with E-state index in [-0.39, 0.29) is 18.6 Å². The molecule has 1 aliphatic rings. The average Bonchev–Trinajstić information content (AvgIpc) is 3.09. The summed E-state index contributed by atoms with van der Waals surface area (Å²) in [6.07, 6.45) is 1.82. The monoisotopic (exact) mass is 282 g/mol. The van der Waals surface area contributed by atoms with Gasteiger partial charge in [0.15, 0.2) is 0 Å². The Kier molecular flexibility index (Phi) is 4.42. The van der Waals surface area contributed by atoms with Gasteiger partial charge in [-0.2, -0.15) is 0 Å². The van der Waals surface area contributed by atoms with Gasteiger partial charge in [-0.3, -0.25) is 4.79 Å². The molecule has 104 valence electrons. The van der Waals surface area contributed by atoms with E-state index in [0.717, 1.165) is 17.7 Å². The SMILES string of the molecule is CCN(Cc1cccs1)C(=O)N(CC(=O)O)C1CC1. The predicted molar refractivity (Wildman–Crippen MR) is 73.2 cm³/mol. The summed E-state index contributed by atoms with van der Waals surface area (Å²) < 4.78 is 0. The fourth-order valence-electron chi connectivity index (χ4n) is 1.97. The van der Waals surface area contributed by atoms with E-state index in [9.17, 15) is 9.59 Å². The minimum Gasteiger partial charge on any atom is -0.480 e. The molecular formula is C13H18N2O3S.